The van der Waals surface area contributed by atoms with E-state index in [4.69, 9.17) is 4.84 Å². The van der Waals surface area contributed by atoms with Gasteiger partial charge in [-0.1, -0.05) is 36.4 Å². The highest BCUT2D eigenvalue weighted by atomic mass is 19.4. The number of piperidine rings is 1. The Morgan fingerprint density at radius 3 is 2.29 bits per heavy atom. The molecule has 8 heteroatoms. The highest BCUT2D eigenvalue weighted by Crippen LogP contribution is 2.47. The summed E-state index contributed by atoms with van der Waals surface area (Å²) < 4.78 is 66.3. The second-order valence-electron chi connectivity index (χ2n) is 7.62. The SMILES string of the molecule is Oc1ccc2cccc(C3CCN(Oc4ccccc4C(F)(F)C(F)(F)F)CC3)c2c1. The summed E-state index contributed by atoms with van der Waals surface area (Å²) in [5.41, 5.74) is -0.133. The van der Waals surface area contributed by atoms with E-state index in [0.717, 1.165) is 34.5 Å². The van der Waals surface area contributed by atoms with Gasteiger partial charge in [0.2, 0.25) is 0 Å². The highest BCUT2D eigenvalue weighted by Gasteiger charge is 2.60. The minimum atomic E-state index is -5.71. The first-order valence-electron chi connectivity index (χ1n) is 9.85. The molecule has 0 amide bonds. The lowest BCUT2D eigenvalue weighted by molar-refractivity contribution is -0.290. The second-order valence-corrected chi connectivity index (χ2v) is 7.62. The Labute approximate surface area is 175 Å². The molecule has 0 saturated carbocycles. The summed E-state index contributed by atoms with van der Waals surface area (Å²) in [6, 6.07) is 15.4. The van der Waals surface area contributed by atoms with E-state index < -0.39 is 23.4 Å². The summed E-state index contributed by atoms with van der Waals surface area (Å²) in [5, 5.41) is 13.2. The molecule has 0 aromatic heterocycles. The molecule has 1 N–H and O–H groups in total. The van der Waals surface area contributed by atoms with Crippen molar-refractivity contribution in [3.63, 3.8) is 0 Å². The van der Waals surface area contributed by atoms with Crippen LogP contribution in [-0.2, 0) is 5.92 Å². The van der Waals surface area contributed by atoms with Crippen molar-refractivity contribution in [3.05, 3.63) is 71.8 Å². The molecular formula is C23H20F5NO2. The van der Waals surface area contributed by atoms with Crippen molar-refractivity contribution in [3.8, 4) is 11.5 Å². The van der Waals surface area contributed by atoms with Gasteiger partial charge in [0.05, 0.1) is 5.56 Å². The number of benzene rings is 3. The standard InChI is InChI=1S/C23H20F5NO2/c24-22(25,23(26,27)28)20-6-1-2-7-21(20)31-29-12-10-16(11-13-29)18-5-3-4-15-8-9-17(30)14-19(15)18/h1-9,14,16,30H,10-13H2. The highest BCUT2D eigenvalue weighted by molar-refractivity contribution is 5.87. The molecule has 3 aromatic rings. The first-order valence-corrected chi connectivity index (χ1v) is 9.85. The topological polar surface area (TPSA) is 32.7 Å². The van der Waals surface area contributed by atoms with Gasteiger partial charge in [0, 0.05) is 13.1 Å². The predicted molar refractivity (Wildman–Crippen MR) is 106 cm³/mol. The molecule has 3 aromatic carbocycles. The smallest absolute Gasteiger partial charge is 0.458 e. The summed E-state index contributed by atoms with van der Waals surface area (Å²) in [5.74, 6) is -5.19. The minimum Gasteiger partial charge on any atom is -0.508 e. The summed E-state index contributed by atoms with van der Waals surface area (Å²) in [6.07, 6.45) is -4.45. The molecule has 0 spiro atoms. The molecule has 1 aliphatic rings. The third-order valence-electron chi connectivity index (χ3n) is 5.60. The molecule has 1 saturated heterocycles. The lowest BCUT2D eigenvalue weighted by Gasteiger charge is -2.33. The lowest BCUT2D eigenvalue weighted by atomic mass is 9.87. The van der Waals surface area contributed by atoms with E-state index in [1.165, 1.54) is 11.1 Å². The van der Waals surface area contributed by atoms with Crippen molar-refractivity contribution in [2.75, 3.05) is 13.1 Å². The molecule has 0 unspecified atom stereocenters. The molecule has 1 aliphatic heterocycles. The number of alkyl halides is 5. The minimum absolute atomic E-state index is 0.150. The van der Waals surface area contributed by atoms with Crippen molar-refractivity contribution < 1.29 is 31.9 Å². The zero-order chi connectivity index (χ0) is 22.2. The number of hydroxylamine groups is 2. The molecule has 0 aliphatic carbocycles. The fraction of sp³-hybridized carbons (Fsp3) is 0.304. The molecule has 164 valence electrons. The van der Waals surface area contributed by atoms with Crippen molar-refractivity contribution in [1.82, 2.24) is 5.06 Å². The molecule has 1 fully saturated rings. The van der Waals surface area contributed by atoms with Crippen molar-refractivity contribution in [2.45, 2.75) is 30.9 Å². The Morgan fingerprint density at radius 2 is 1.58 bits per heavy atom. The molecule has 0 radical (unpaired) electrons. The van der Waals surface area contributed by atoms with Crippen LogP contribution in [0.15, 0.2) is 60.7 Å². The van der Waals surface area contributed by atoms with Gasteiger partial charge < -0.3 is 9.94 Å². The maximum absolute atomic E-state index is 13.9. The summed E-state index contributed by atoms with van der Waals surface area (Å²) >= 11 is 0. The summed E-state index contributed by atoms with van der Waals surface area (Å²) in [7, 11) is 0. The van der Waals surface area contributed by atoms with E-state index in [1.807, 2.05) is 24.3 Å². The number of phenols is 1. The van der Waals surface area contributed by atoms with Crippen LogP contribution in [0.4, 0.5) is 22.0 Å². The van der Waals surface area contributed by atoms with Crippen LogP contribution in [0.5, 0.6) is 11.5 Å². The molecule has 3 nitrogen and oxygen atoms in total. The number of fused-ring (bicyclic) bond motifs is 1. The van der Waals surface area contributed by atoms with E-state index in [-0.39, 0.29) is 11.7 Å². The van der Waals surface area contributed by atoms with E-state index in [2.05, 4.69) is 0 Å². The Balaban J connectivity index is 1.50. The van der Waals surface area contributed by atoms with Gasteiger partial charge in [-0.2, -0.15) is 22.0 Å². The predicted octanol–water partition coefficient (Wildman–Crippen LogP) is 6.37. The van der Waals surface area contributed by atoms with E-state index in [1.54, 1.807) is 12.1 Å². The van der Waals surface area contributed by atoms with Gasteiger partial charge >= 0.3 is 12.1 Å². The van der Waals surface area contributed by atoms with Crippen molar-refractivity contribution >= 4 is 10.8 Å². The molecule has 0 atom stereocenters. The zero-order valence-electron chi connectivity index (χ0n) is 16.4. The Bertz CT molecular complexity index is 1070. The number of phenolic OH excluding ortho intramolecular Hbond substituents is 1. The van der Waals surface area contributed by atoms with Crippen molar-refractivity contribution in [2.24, 2.45) is 0 Å². The average molecular weight is 437 g/mol. The van der Waals surface area contributed by atoms with Crippen LogP contribution in [0.1, 0.15) is 29.9 Å². The van der Waals surface area contributed by atoms with Crippen LogP contribution in [-0.4, -0.2) is 29.4 Å². The lowest BCUT2D eigenvalue weighted by Crippen LogP contribution is -2.38. The third kappa shape index (κ3) is 4.17. The first kappa shape index (κ1) is 21.4. The van der Waals surface area contributed by atoms with Gasteiger partial charge in [-0.25, -0.2) is 0 Å². The maximum Gasteiger partial charge on any atom is 0.458 e. The van der Waals surface area contributed by atoms with Gasteiger partial charge in [0.25, 0.3) is 0 Å². The molecule has 0 bridgehead atoms. The quantitative estimate of drug-likeness (QED) is 0.481. The Kier molecular flexibility index (Phi) is 5.51. The van der Waals surface area contributed by atoms with E-state index in [0.29, 0.717) is 25.9 Å². The van der Waals surface area contributed by atoms with Gasteiger partial charge in [0.15, 0.2) is 5.75 Å². The first-order chi connectivity index (χ1) is 14.7. The van der Waals surface area contributed by atoms with Crippen LogP contribution in [0.2, 0.25) is 0 Å². The Morgan fingerprint density at radius 1 is 0.871 bits per heavy atom. The fourth-order valence-electron chi connectivity index (χ4n) is 4.00. The number of para-hydroxylation sites is 1. The summed E-state index contributed by atoms with van der Waals surface area (Å²) in [4.78, 5) is 5.47. The van der Waals surface area contributed by atoms with Gasteiger partial charge in [-0.15, -0.1) is 5.06 Å². The van der Waals surface area contributed by atoms with Gasteiger partial charge in [-0.05, 0) is 59.4 Å². The molecule has 31 heavy (non-hydrogen) atoms. The fourth-order valence-corrected chi connectivity index (χ4v) is 4.00. The van der Waals surface area contributed by atoms with E-state index >= 15 is 0 Å². The van der Waals surface area contributed by atoms with Crippen LogP contribution < -0.4 is 4.84 Å². The van der Waals surface area contributed by atoms with Crippen LogP contribution in [0.3, 0.4) is 0 Å². The zero-order valence-corrected chi connectivity index (χ0v) is 16.4. The Hall–Kier alpha value is -2.87. The molecular weight excluding hydrogens is 417 g/mol. The van der Waals surface area contributed by atoms with Crippen molar-refractivity contribution in [1.29, 1.82) is 0 Å². The average Bonchev–Trinajstić information content (AvgIpc) is 2.73. The number of aromatic hydroxyl groups is 1. The van der Waals surface area contributed by atoms with Gasteiger partial charge in [0.1, 0.15) is 5.75 Å². The van der Waals surface area contributed by atoms with Crippen LogP contribution in [0, 0.1) is 0 Å². The third-order valence-corrected chi connectivity index (χ3v) is 5.60. The number of hydrogen-bond donors (Lipinski definition) is 1. The van der Waals surface area contributed by atoms with Crippen LogP contribution >= 0.6 is 0 Å². The molecule has 4 rings (SSSR count). The summed E-state index contributed by atoms with van der Waals surface area (Å²) in [6.45, 7) is 0.734. The number of halogens is 5. The monoisotopic (exact) mass is 437 g/mol. The molecule has 1 heterocycles. The van der Waals surface area contributed by atoms with Gasteiger partial charge in [-0.3, -0.25) is 0 Å². The largest absolute Gasteiger partial charge is 0.508 e. The van der Waals surface area contributed by atoms with E-state index in [9.17, 15) is 27.1 Å². The van der Waals surface area contributed by atoms with Crippen LogP contribution in [0.25, 0.3) is 10.8 Å². The number of nitrogens with zero attached hydrogens (tertiary/aromatic N) is 1. The number of hydrogen-bond acceptors (Lipinski definition) is 3. The normalized spacial score (nSPS) is 16.5. The number of rotatable bonds is 4. The second kappa shape index (κ2) is 8.00. The maximum atomic E-state index is 13.9.